The number of aromatic nitrogens is 2. The molecule has 2 rings (SSSR count). The predicted octanol–water partition coefficient (Wildman–Crippen LogP) is 1.79. The zero-order valence-electron chi connectivity index (χ0n) is 11.2. The van der Waals surface area contributed by atoms with Crippen LogP contribution in [0.5, 0.6) is 5.75 Å². The first-order valence-corrected chi connectivity index (χ1v) is 7.19. The van der Waals surface area contributed by atoms with Crippen molar-refractivity contribution in [1.29, 1.82) is 0 Å². The number of carboxylic acids is 1. The number of carboxylic acid groups (broad SMARTS) is 1. The number of aliphatic carboxylic acids is 1. The standard InChI is InChI=1S/C14H13IN2O4/c1-21-9-4-2-8(3-5-9)6-10(14(19)20)12-11(15)13(18)17-7-16-12/h2-5,7,10H,6H2,1H3,(H,19,20)(H,16,17,18). The third-order valence-electron chi connectivity index (χ3n) is 3.05. The van der Waals surface area contributed by atoms with Gasteiger partial charge in [0.2, 0.25) is 0 Å². The Hall–Kier alpha value is -1.90. The van der Waals surface area contributed by atoms with Crippen molar-refractivity contribution in [3.05, 3.63) is 55.8 Å². The third-order valence-corrected chi connectivity index (χ3v) is 4.09. The highest BCUT2D eigenvalue weighted by atomic mass is 127. The number of benzene rings is 1. The first-order chi connectivity index (χ1) is 10.0. The Bertz CT molecular complexity index is 697. The van der Waals surface area contributed by atoms with Crippen molar-refractivity contribution in [3.63, 3.8) is 0 Å². The molecule has 21 heavy (non-hydrogen) atoms. The lowest BCUT2D eigenvalue weighted by Crippen LogP contribution is -2.22. The molecule has 0 saturated carbocycles. The predicted molar refractivity (Wildman–Crippen MR) is 84.6 cm³/mol. The molecule has 1 heterocycles. The Labute approximate surface area is 134 Å². The molecule has 2 N–H and O–H groups in total. The van der Waals surface area contributed by atoms with Gasteiger partial charge in [0.15, 0.2) is 0 Å². The zero-order valence-corrected chi connectivity index (χ0v) is 13.3. The maximum atomic E-state index is 11.6. The molecule has 6 nitrogen and oxygen atoms in total. The normalized spacial score (nSPS) is 11.9. The second-order valence-electron chi connectivity index (χ2n) is 4.37. The minimum absolute atomic E-state index is 0.256. The number of nitrogens with one attached hydrogen (secondary N) is 1. The van der Waals surface area contributed by atoms with Gasteiger partial charge in [-0.25, -0.2) is 4.98 Å². The van der Waals surface area contributed by atoms with E-state index in [1.165, 1.54) is 6.33 Å². The lowest BCUT2D eigenvalue weighted by Gasteiger charge is -2.13. The van der Waals surface area contributed by atoms with Crippen LogP contribution < -0.4 is 10.3 Å². The molecule has 1 unspecified atom stereocenters. The number of methoxy groups -OCH3 is 1. The van der Waals surface area contributed by atoms with Crippen molar-refractivity contribution in [3.8, 4) is 5.75 Å². The molecule has 110 valence electrons. The number of hydrogen-bond acceptors (Lipinski definition) is 4. The van der Waals surface area contributed by atoms with Gasteiger partial charge in [0.25, 0.3) is 5.56 Å². The molecule has 1 atom stereocenters. The van der Waals surface area contributed by atoms with Crippen LogP contribution >= 0.6 is 22.6 Å². The van der Waals surface area contributed by atoms with Crippen molar-refractivity contribution in [1.82, 2.24) is 9.97 Å². The summed E-state index contributed by atoms with van der Waals surface area (Å²) in [6, 6.07) is 7.14. The van der Waals surface area contributed by atoms with E-state index in [9.17, 15) is 14.7 Å². The van der Waals surface area contributed by atoms with Crippen LogP contribution in [0.25, 0.3) is 0 Å². The molecule has 0 amide bonds. The van der Waals surface area contributed by atoms with Gasteiger partial charge in [-0.15, -0.1) is 0 Å². The summed E-state index contributed by atoms with van der Waals surface area (Å²) in [7, 11) is 1.57. The molecule has 0 saturated heterocycles. The maximum absolute atomic E-state index is 11.6. The molecule has 0 fully saturated rings. The molecule has 1 aromatic heterocycles. The number of carbonyl (C=O) groups is 1. The topological polar surface area (TPSA) is 92.3 Å². The van der Waals surface area contributed by atoms with Crippen molar-refractivity contribution in [2.75, 3.05) is 7.11 Å². The number of H-pyrrole nitrogens is 1. The molecule has 0 aliphatic carbocycles. The summed E-state index contributed by atoms with van der Waals surface area (Å²) in [5, 5.41) is 9.42. The minimum atomic E-state index is -1.01. The van der Waals surface area contributed by atoms with E-state index in [1.54, 1.807) is 31.4 Å². The highest BCUT2D eigenvalue weighted by Crippen LogP contribution is 2.23. The Morgan fingerprint density at radius 1 is 1.43 bits per heavy atom. The summed E-state index contributed by atoms with van der Waals surface area (Å²) < 4.78 is 5.37. The highest BCUT2D eigenvalue weighted by Gasteiger charge is 2.25. The van der Waals surface area contributed by atoms with Crippen LogP contribution in [0.4, 0.5) is 0 Å². The molecular weight excluding hydrogens is 387 g/mol. The van der Waals surface area contributed by atoms with Crippen molar-refractivity contribution in [2.24, 2.45) is 0 Å². The van der Waals surface area contributed by atoms with E-state index in [1.807, 2.05) is 22.6 Å². The lowest BCUT2D eigenvalue weighted by atomic mass is 9.96. The van der Waals surface area contributed by atoms with E-state index >= 15 is 0 Å². The van der Waals surface area contributed by atoms with Crippen LogP contribution in [0, 0.1) is 3.57 Å². The number of rotatable bonds is 5. The van der Waals surface area contributed by atoms with E-state index in [2.05, 4.69) is 9.97 Å². The van der Waals surface area contributed by atoms with E-state index in [4.69, 9.17) is 4.74 Å². The van der Waals surface area contributed by atoms with Crippen molar-refractivity contribution in [2.45, 2.75) is 12.3 Å². The summed E-state index contributed by atoms with van der Waals surface area (Å²) in [5.74, 6) is -1.18. The van der Waals surface area contributed by atoms with Gasteiger partial charge < -0.3 is 14.8 Å². The molecule has 0 bridgehead atoms. The Kier molecular flexibility index (Phi) is 4.94. The SMILES string of the molecule is COc1ccc(CC(C(=O)O)c2nc[nH]c(=O)c2I)cc1. The van der Waals surface area contributed by atoms with Crippen LogP contribution in [0.2, 0.25) is 0 Å². The van der Waals surface area contributed by atoms with Crippen molar-refractivity contribution >= 4 is 28.6 Å². The summed E-state index contributed by atoms with van der Waals surface area (Å²) >= 11 is 1.82. The van der Waals surface area contributed by atoms with Gasteiger partial charge in [0.1, 0.15) is 15.2 Å². The Morgan fingerprint density at radius 2 is 2.10 bits per heavy atom. The van der Waals surface area contributed by atoms with Crippen LogP contribution in [0.1, 0.15) is 17.2 Å². The van der Waals surface area contributed by atoms with Gasteiger partial charge in [-0.3, -0.25) is 9.59 Å². The number of ether oxygens (including phenoxy) is 1. The van der Waals surface area contributed by atoms with Crippen LogP contribution in [-0.2, 0) is 11.2 Å². The maximum Gasteiger partial charge on any atom is 0.312 e. The zero-order chi connectivity index (χ0) is 15.4. The van der Waals surface area contributed by atoms with E-state index in [0.717, 1.165) is 5.56 Å². The largest absolute Gasteiger partial charge is 0.497 e. The van der Waals surface area contributed by atoms with Gasteiger partial charge in [0.05, 0.1) is 19.1 Å². The fourth-order valence-corrected chi connectivity index (χ4v) is 2.61. The second-order valence-corrected chi connectivity index (χ2v) is 5.45. The summed E-state index contributed by atoms with van der Waals surface area (Å²) in [6.07, 6.45) is 1.48. The first-order valence-electron chi connectivity index (χ1n) is 6.11. The fourth-order valence-electron chi connectivity index (χ4n) is 1.94. The van der Waals surface area contributed by atoms with Gasteiger partial charge >= 0.3 is 5.97 Å². The Morgan fingerprint density at radius 3 is 2.67 bits per heavy atom. The molecule has 0 radical (unpaired) electrons. The molecule has 0 aliphatic heterocycles. The van der Waals surface area contributed by atoms with Crippen LogP contribution in [0.15, 0.2) is 35.4 Å². The van der Waals surface area contributed by atoms with Crippen LogP contribution in [-0.4, -0.2) is 28.2 Å². The lowest BCUT2D eigenvalue weighted by molar-refractivity contribution is -0.138. The minimum Gasteiger partial charge on any atom is -0.497 e. The average Bonchev–Trinajstić information content (AvgIpc) is 2.48. The molecule has 7 heteroatoms. The van der Waals surface area contributed by atoms with Gasteiger partial charge in [-0.2, -0.15) is 0 Å². The van der Waals surface area contributed by atoms with Gasteiger partial charge in [-0.05, 0) is 46.7 Å². The fraction of sp³-hybridized carbons (Fsp3) is 0.214. The molecular formula is C14H13IN2O4. The van der Waals surface area contributed by atoms with Crippen LogP contribution in [0.3, 0.4) is 0 Å². The van der Waals surface area contributed by atoms with Crippen molar-refractivity contribution < 1.29 is 14.6 Å². The van der Waals surface area contributed by atoms with E-state index < -0.39 is 11.9 Å². The van der Waals surface area contributed by atoms with E-state index in [-0.39, 0.29) is 17.7 Å². The van der Waals surface area contributed by atoms with E-state index in [0.29, 0.717) is 9.32 Å². The summed E-state index contributed by atoms with van der Waals surface area (Å²) in [5.41, 5.74) is 0.783. The average molecular weight is 400 g/mol. The number of nitrogens with zero attached hydrogens (tertiary/aromatic N) is 1. The highest BCUT2D eigenvalue weighted by molar-refractivity contribution is 14.1. The van der Waals surface area contributed by atoms with Gasteiger partial charge in [-0.1, -0.05) is 12.1 Å². The monoisotopic (exact) mass is 400 g/mol. The summed E-state index contributed by atoms with van der Waals surface area (Å²) in [4.78, 5) is 29.6. The molecule has 0 spiro atoms. The number of halogens is 1. The molecule has 2 aromatic rings. The van der Waals surface area contributed by atoms with Gasteiger partial charge in [0, 0.05) is 0 Å². The quantitative estimate of drug-likeness (QED) is 0.747. The number of aromatic amines is 1. The first kappa shape index (κ1) is 15.5. The second kappa shape index (κ2) is 6.70. The summed E-state index contributed by atoms with van der Waals surface area (Å²) in [6.45, 7) is 0. The Balaban J connectivity index is 2.33. The third kappa shape index (κ3) is 3.60. The number of hydrogen-bond donors (Lipinski definition) is 2. The smallest absolute Gasteiger partial charge is 0.312 e. The molecule has 1 aromatic carbocycles. The molecule has 0 aliphatic rings.